The molecule has 1 fully saturated rings. The molecule has 5 nitrogen and oxygen atoms in total. The molecule has 1 aliphatic rings. The first-order chi connectivity index (χ1) is 13.2. The lowest BCUT2D eigenvalue weighted by Crippen LogP contribution is -2.46. The van der Waals surface area contributed by atoms with E-state index in [1.165, 1.54) is 62.6 Å². The molecule has 0 saturated carbocycles. The van der Waals surface area contributed by atoms with E-state index in [1.807, 2.05) is 7.05 Å². The summed E-state index contributed by atoms with van der Waals surface area (Å²) in [7, 11) is 3.97. The molecule has 0 atom stereocenters. The Morgan fingerprint density at radius 3 is 2.37 bits per heavy atom. The molecule has 0 spiro atoms. The van der Waals surface area contributed by atoms with Gasteiger partial charge in [0.15, 0.2) is 5.96 Å². The largest absolute Gasteiger partial charge is 0.356 e. The molecule has 0 unspecified atom stereocenters. The molecule has 1 aromatic rings. The SMILES string of the molecule is CCN1CCN(CCCCNC(=NC)N(C)Cc2ccc(SC)cc2)CC1. The summed E-state index contributed by atoms with van der Waals surface area (Å²) in [6.07, 6.45) is 4.54. The number of hydrogen-bond donors (Lipinski definition) is 1. The normalized spacial score (nSPS) is 16.5. The fourth-order valence-electron chi connectivity index (χ4n) is 3.45. The highest BCUT2D eigenvalue weighted by molar-refractivity contribution is 7.98. The van der Waals surface area contributed by atoms with E-state index < -0.39 is 0 Å². The molecule has 0 bridgehead atoms. The van der Waals surface area contributed by atoms with Gasteiger partial charge in [-0.25, -0.2) is 0 Å². The number of unbranched alkanes of at least 4 members (excludes halogenated alkanes) is 1. The molecule has 27 heavy (non-hydrogen) atoms. The minimum Gasteiger partial charge on any atom is -0.356 e. The average molecular weight is 392 g/mol. The highest BCUT2D eigenvalue weighted by atomic mass is 32.2. The second kappa shape index (κ2) is 12.3. The van der Waals surface area contributed by atoms with Crippen LogP contribution in [0, 0.1) is 0 Å². The van der Waals surface area contributed by atoms with Crippen LogP contribution in [-0.4, -0.2) is 86.8 Å². The topological polar surface area (TPSA) is 34.1 Å². The molecule has 1 aliphatic heterocycles. The molecule has 1 heterocycles. The number of thioether (sulfide) groups is 1. The van der Waals surface area contributed by atoms with Crippen molar-refractivity contribution < 1.29 is 0 Å². The zero-order valence-electron chi connectivity index (χ0n) is 17.6. The number of likely N-dealkylation sites (N-methyl/N-ethyl adjacent to an activating group) is 1. The third-order valence-electron chi connectivity index (χ3n) is 5.25. The molecule has 2 rings (SSSR count). The van der Waals surface area contributed by atoms with Crippen LogP contribution < -0.4 is 5.32 Å². The number of hydrogen-bond acceptors (Lipinski definition) is 4. The van der Waals surface area contributed by atoms with Crippen molar-refractivity contribution in [3.63, 3.8) is 0 Å². The molecular weight excluding hydrogens is 354 g/mol. The maximum atomic E-state index is 4.43. The first-order valence-electron chi connectivity index (χ1n) is 10.2. The van der Waals surface area contributed by atoms with Crippen LogP contribution in [0.2, 0.25) is 0 Å². The van der Waals surface area contributed by atoms with Crippen molar-refractivity contribution in [2.75, 3.05) is 66.2 Å². The predicted octanol–water partition coefficient (Wildman–Crippen LogP) is 2.83. The molecule has 1 N–H and O–H groups in total. The van der Waals surface area contributed by atoms with Crippen molar-refractivity contribution in [2.24, 2.45) is 4.99 Å². The van der Waals surface area contributed by atoms with Crippen LogP contribution in [0.3, 0.4) is 0 Å². The lowest BCUT2D eigenvalue weighted by atomic mass is 10.2. The second-order valence-electron chi connectivity index (χ2n) is 7.16. The Hall–Kier alpha value is -1.24. The summed E-state index contributed by atoms with van der Waals surface area (Å²) in [5.41, 5.74) is 1.31. The van der Waals surface area contributed by atoms with Crippen molar-refractivity contribution in [1.29, 1.82) is 0 Å². The summed E-state index contributed by atoms with van der Waals surface area (Å²) >= 11 is 1.78. The fourth-order valence-corrected chi connectivity index (χ4v) is 3.86. The maximum Gasteiger partial charge on any atom is 0.193 e. The van der Waals surface area contributed by atoms with Crippen molar-refractivity contribution >= 4 is 17.7 Å². The van der Waals surface area contributed by atoms with Gasteiger partial charge in [-0.15, -0.1) is 11.8 Å². The second-order valence-corrected chi connectivity index (χ2v) is 8.04. The quantitative estimate of drug-likeness (QED) is 0.303. The van der Waals surface area contributed by atoms with Crippen molar-refractivity contribution in [3.05, 3.63) is 29.8 Å². The molecular formula is C21H37N5S. The molecule has 0 aromatic heterocycles. The maximum absolute atomic E-state index is 4.43. The molecule has 0 amide bonds. The number of benzene rings is 1. The van der Waals surface area contributed by atoms with Gasteiger partial charge in [0.25, 0.3) is 0 Å². The molecule has 1 aromatic carbocycles. The Balaban J connectivity index is 1.63. The smallest absolute Gasteiger partial charge is 0.193 e. The number of nitrogens with one attached hydrogen (secondary N) is 1. The van der Waals surface area contributed by atoms with Crippen LogP contribution in [0.25, 0.3) is 0 Å². The summed E-state index contributed by atoms with van der Waals surface area (Å²) in [6, 6.07) is 8.77. The van der Waals surface area contributed by atoms with Gasteiger partial charge >= 0.3 is 0 Å². The van der Waals surface area contributed by atoms with E-state index in [1.54, 1.807) is 11.8 Å². The third-order valence-corrected chi connectivity index (χ3v) is 5.99. The predicted molar refractivity (Wildman–Crippen MR) is 119 cm³/mol. The summed E-state index contributed by atoms with van der Waals surface area (Å²) < 4.78 is 0. The standard InChI is InChI=1S/C21H37N5S/c1-5-25-14-16-26(17-15-25)13-7-6-12-23-21(22-2)24(3)18-19-8-10-20(27-4)11-9-19/h8-11H,5-7,12-18H2,1-4H3,(H,22,23). The summed E-state index contributed by atoms with van der Waals surface area (Å²) in [4.78, 5) is 13.1. The van der Waals surface area contributed by atoms with E-state index in [9.17, 15) is 0 Å². The molecule has 0 aliphatic carbocycles. The molecule has 0 radical (unpaired) electrons. The minimum absolute atomic E-state index is 0.871. The number of aliphatic imine (C=N–C) groups is 1. The van der Waals surface area contributed by atoms with Crippen LogP contribution in [0.1, 0.15) is 25.3 Å². The van der Waals surface area contributed by atoms with Gasteiger partial charge in [-0.2, -0.15) is 0 Å². The Morgan fingerprint density at radius 2 is 1.78 bits per heavy atom. The number of piperazine rings is 1. The van der Waals surface area contributed by atoms with Gasteiger partial charge in [0.05, 0.1) is 0 Å². The van der Waals surface area contributed by atoms with Crippen LogP contribution in [0.4, 0.5) is 0 Å². The van der Waals surface area contributed by atoms with Gasteiger partial charge in [-0.1, -0.05) is 19.1 Å². The first-order valence-corrected chi connectivity index (χ1v) is 11.4. The van der Waals surface area contributed by atoms with Gasteiger partial charge in [-0.05, 0) is 49.9 Å². The van der Waals surface area contributed by atoms with E-state index in [4.69, 9.17) is 0 Å². The Labute approximate surface area is 170 Å². The third kappa shape index (κ3) is 7.72. The van der Waals surface area contributed by atoms with Crippen LogP contribution in [0.5, 0.6) is 0 Å². The van der Waals surface area contributed by atoms with Crippen LogP contribution in [0.15, 0.2) is 34.2 Å². The minimum atomic E-state index is 0.871. The zero-order chi connectivity index (χ0) is 19.5. The van der Waals surface area contributed by atoms with E-state index in [0.29, 0.717) is 0 Å². The Kier molecular flexibility index (Phi) is 10.0. The van der Waals surface area contributed by atoms with Crippen molar-refractivity contribution in [3.8, 4) is 0 Å². The van der Waals surface area contributed by atoms with Crippen LogP contribution >= 0.6 is 11.8 Å². The Bertz CT molecular complexity index is 552. The summed E-state index contributed by atoms with van der Waals surface area (Å²) in [5, 5.41) is 3.51. The van der Waals surface area contributed by atoms with Gasteiger partial charge in [-0.3, -0.25) is 4.99 Å². The monoisotopic (exact) mass is 391 g/mol. The number of guanidine groups is 1. The molecule has 6 heteroatoms. The van der Waals surface area contributed by atoms with E-state index in [2.05, 4.69) is 69.5 Å². The zero-order valence-corrected chi connectivity index (χ0v) is 18.4. The lowest BCUT2D eigenvalue weighted by molar-refractivity contribution is 0.136. The van der Waals surface area contributed by atoms with Crippen molar-refractivity contribution in [2.45, 2.75) is 31.2 Å². The summed E-state index contributed by atoms with van der Waals surface area (Å²) in [6.45, 7) is 11.4. The van der Waals surface area contributed by atoms with Crippen molar-refractivity contribution in [1.82, 2.24) is 20.0 Å². The van der Waals surface area contributed by atoms with E-state index in [0.717, 1.165) is 19.0 Å². The Morgan fingerprint density at radius 1 is 1.11 bits per heavy atom. The number of nitrogens with zero attached hydrogens (tertiary/aromatic N) is 4. The fraction of sp³-hybridized carbons (Fsp3) is 0.667. The highest BCUT2D eigenvalue weighted by Crippen LogP contribution is 2.15. The van der Waals surface area contributed by atoms with E-state index in [-0.39, 0.29) is 0 Å². The average Bonchev–Trinajstić information content (AvgIpc) is 2.71. The van der Waals surface area contributed by atoms with Crippen LogP contribution in [-0.2, 0) is 6.54 Å². The van der Waals surface area contributed by atoms with Gasteiger partial charge in [0.1, 0.15) is 0 Å². The first kappa shape index (κ1) is 22.1. The summed E-state index contributed by atoms with van der Waals surface area (Å²) in [5.74, 6) is 0.973. The van der Waals surface area contributed by atoms with Gasteiger partial charge in [0.2, 0.25) is 0 Å². The molecule has 1 saturated heterocycles. The lowest BCUT2D eigenvalue weighted by Gasteiger charge is -2.34. The van der Waals surface area contributed by atoms with Gasteiger partial charge < -0.3 is 20.0 Å². The van der Waals surface area contributed by atoms with E-state index >= 15 is 0 Å². The highest BCUT2D eigenvalue weighted by Gasteiger charge is 2.14. The number of rotatable bonds is 9. The molecule has 152 valence electrons. The van der Waals surface area contributed by atoms with Gasteiger partial charge in [0, 0.05) is 58.3 Å².